The lowest BCUT2D eigenvalue weighted by atomic mass is 9.95. The second kappa shape index (κ2) is 5.49. The normalized spacial score (nSPS) is 12.1. The van der Waals surface area contributed by atoms with Crippen molar-refractivity contribution in [2.75, 3.05) is 0 Å². The zero-order chi connectivity index (χ0) is 18.9. The molecule has 0 atom stereocenters. The zero-order valence-electron chi connectivity index (χ0n) is 15.3. The monoisotopic (exact) mass is 390 g/mol. The Kier molecular flexibility index (Phi) is 2.91. The summed E-state index contributed by atoms with van der Waals surface area (Å²) < 4.78 is 12.1. The Morgan fingerprint density at radius 1 is 0.586 bits per heavy atom. The van der Waals surface area contributed by atoms with Crippen molar-refractivity contribution < 1.29 is 8.83 Å². The number of rotatable bonds is 1. The second-order valence-corrected chi connectivity index (χ2v) is 8.34. The summed E-state index contributed by atoms with van der Waals surface area (Å²) in [6, 6.07) is 25.8. The highest BCUT2D eigenvalue weighted by atomic mass is 32.1. The minimum absolute atomic E-state index is 0.932. The second-order valence-electron chi connectivity index (χ2n) is 7.39. The van der Waals surface area contributed by atoms with E-state index < -0.39 is 0 Å². The van der Waals surface area contributed by atoms with Crippen LogP contribution < -0.4 is 0 Å². The molecule has 0 fully saturated rings. The van der Waals surface area contributed by atoms with E-state index in [-0.39, 0.29) is 0 Å². The van der Waals surface area contributed by atoms with Gasteiger partial charge < -0.3 is 8.83 Å². The number of fused-ring (bicyclic) bond motifs is 9. The molecule has 3 heteroatoms. The molecule has 0 saturated heterocycles. The van der Waals surface area contributed by atoms with Crippen LogP contribution in [0.25, 0.3) is 64.9 Å². The van der Waals surface area contributed by atoms with E-state index in [9.17, 15) is 0 Å². The van der Waals surface area contributed by atoms with E-state index in [4.69, 9.17) is 8.83 Å². The van der Waals surface area contributed by atoms with Gasteiger partial charge in [-0.25, -0.2) is 0 Å². The van der Waals surface area contributed by atoms with Crippen molar-refractivity contribution in [2.45, 2.75) is 0 Å². The van der Waals surface area contributed by atoms with Crippen molar-refractivity contribution in [1.82, 2.24) is 0 Å². The van der Waals surface area contributed by atoms with Gasteiger partial charge in [-0.1, -0.05) is 42.5 Å². The largest absolute Gasteiger partial charge is 0.464 e. The van der Waals surface area contributed by atoms with Crippen LogP contribution in [0.4, 0.5) is 0 Å². The molecule has 0 saturated carbocycles. The van der Waals surface area contributed by atoms with E-state index in [0.717, 1.165) is 43.3 Å². The van der Waals surface area contributed by atoms with Gasteiger partial charge in [0.25, 0.3) is 0 Å². The van der Waals surface area contributed by atoms with Crippen LogP contribution >= 0.6 is 11.3 Å². The predicted molar refractivity (Wildman–Crippen MR) is 122 cm³/mol. The van der Waals surface area contributed by atoms with E-state index in [2.05, 4.69) is 72.1 Å². The van der Waals surface area contributed by atoms with Gasteiger partial charge in [-0.2, -0.15) is 0 Å². The Balaban J connectivity index is 1.58. The van der Waals surface area contributed by atoms with Crippen molar-refractivity contribution in [3.05, 3.63) is 84.4 Å². The first-order chi connectivity index (χ1) is 14.4. The fourth-order valence-electron chi connectivity index (χ4n) is 4.50. The molecule has 0 amide bonds. The molecule has 0 aliphatic carbocycles. The Morgan fingerprint density at radius 2 is 1.24 bits per heavy atom. The molecule has 3 aromatic heterocycles. The number of thiophene rings is 1. The number of hydrogen-bond acceptors (Lipinski definition) is 3. The third-order valence-corrected chi connectivity index (χ3v) is 6.74. The van der Waals surface area contributed by atoms with Gasteiger partial charge in [0.05, 0.1) is 11.1 Å². The highest BCUT2D eigenvalue weighted by Crippen LogP contribution is 2.39. The molecule has 7 rings (SSSR count). The van der Waals surface area contributed by atoms with E-state index >= 15 is 0 Å². The average molecular weight is 390 g/mol. The summed E-state index contributed by atoms with van der Waals surface area (Å²) in [6.07, 6.45) is 1.76. The number of furan rings is 2. The molecule has 0 spiro atoms. The number of hydrogen-bond donors (Lipinski definition) is 0. The quantitative estimate of drug-likeness (QED) is 0.263. The molecule has 0 bridgehead atoms. The lowest BCUT2D eigenvalue weighted by molar-refractivity contribution is 0.619. The molecule has 0 N–H and O–H groups in total. The molecule has 2 nitrogen and oxygen atoms in total. The summed E-state index contributed by atoms with van der Waals surface area (Å²) in [5.41, 5.74) is 1.90. The van der Waals surface area contributed by atoms with Crippen LogP contribution in [0, 0.1) is 0 Å². The molecule has 3 heterocycles. The van der Waals surface area contributed by atoms with Crippen LogP contribution in [-0.2, 0) is 0 Å². The third kappa shape index (κ3) is 2.05. The van der Waals surface area contributed by atoms with Crippen molar-refractivity contribution in [2.24, 2.45) is 0 Å². The van der Waals surface area contributed by atoms with E-state index in [1.54, 1.807) is 17.6 Å². The molecule has 7 aromatic rings. The Bertz CT molecular complexity index is 1700. The van der Waals surface area contributed by atoms with Crippen LogP contribution in [0.1, 0.15) is 0 Å². The van der Waals surface area contributed by atoms with Crippen molar-refractivity contribution in [3.8, 4) is 10.6 Å². The van der Waals surface area contributed by atoms with Crippen molar-refractivity contribution >= 4 is 65.6 Å². The minimum atomic E-state index is 0.932. The van der Waals surface area contributed by atoms with Crippen LogP contribution in [0.3, 0.4) is 0 Å². The van der Waals surface area contributed by atoms with Crippen LogP contribution in [-0.4, -0.2) is 0 Å². The Morgan fingerprint density at radius 3 is 2.00 bits per heavy atom. The zero-order valence-corrected chi connectivity index (χ0v) is 16.1. The molecule has 0 unspecified atom stereocenters. The standard InChI is InChI=1S/C26H14O2S/c1-2-24(29-13-1)23-14-16-4-6-20-18-7-9-21-19(5-3-15-11-12-27-25(15)21)17(18)8-10-22(20)26(16)28-23/h1-14H. The first-order valence-electron chi connectivity index (χ1n) is 9.59. The SMILES string of the molecule is c1csc(-c2cc3ccc4c5ccc6c(ccc7ccoc76)c5ccc4c3o2)c1. The molecule has 0 aliphatic rings. The van der Waals surface area contributed by atoms with Gasteiger partial charge in [-0.3, -0.25) is 0 Å². The number of benzene rings is 4. The average Bonchev–Trinajstić information content (AvgIpc) is 3.52. The lowest BCUT2D eigenvalue weighted by Gasteiger charge is -2.08. The van der Waals surface area contributed by atoms with Crippen molar-refractivity contribution in [1.29, 1.82) is 0 Å². The molecule has 0 radical (unpaired) electrons. The van der Waals surface area contributed by atoms with Crippen LogP contribution in [0.15, 0.2) is 93.3 Å². The maximum Gasteiger partial charge on any atom is 0.145 e. The predicted octanol–water partition coefficient (Wildman–Crippen LogP) is 8.37. The Labute approximate surface area is 169 Å². The van der Waals surface area contributed by atoms with Gasteiger partial charge in [0.15, 0.2) is 0 Å². The van der Waals surface area contributed by atoms with Gasteiger partial charge in [-0.15, -0.1) is 11.3 Å². The smallest absolute Gasteiger partial charge is 0.145 e. The van der Waals surface area contributed by atoms with Gasteiger partial charge in [-0.05, 0) is 57.3 Å². The summed E-state index contributed by atoms with van der Waals surface area (Å²) in [4.78, 5) is 1.16. The summed E-state index contributed by atoms with van der Waals surface area (Å²) in [5.74, 6) is 0.932. The minimum Gasteiger partial charge on any atom is -0.464 e. The summed E-state index contributed by atoms with van der Waals surface area (Å²) in [5, 5.41) is 11.5. The van der Waals surface area contributed by atoms with Crippen LogP contribution in [0.2, 0.25) is 0 Å². The first-order valence-corrected chi connectivity index (χ1v) is 10.5. The maximum atomic E-state index is 6.30. The van der Waals surface area contributed by atoms with Gasteiger partial charge >= 0.3 is 0 Å². The van der Waals surface area contributed by atoms with E-state index in [0.29, 0.717) is 0 Å². The maximum absolute atomic E-state index is 6.30. The molecular weight excluding hydrogens is 376 g/mol. The van der Waals surface area contributed by atoms with Crippen LogP contribution in [0.5, 0.6) is 0 Å². The summed E-state index contributed by atoms with van der Waals surface area (Å²) in [6.45, 7) is 0. The van der Waals surface area contributed by atoms with Crippen molar-refractivity contribution in [3.63, 3.8) is 0 Å². The highest BCUT2D eigenvalue weighted by molar-refractivity contribution is 7.13. The third-order valence-electron chi connectivity index (χ3n) is 5.85. The molecular formula is C26H14O2S. The molecule has 4 aromatic carbocycles. The fraction of sp³-hybridized carbons (Fsp3) is 0. The van der Waals surface area contributed by atoms with E-state index in [1.165, 1.54) is 21.5 Å². The molecule has 136 valence electrons. The first kappa shape index (κ1) is 15.4. The highest BCUT2D eigenvalue weighted by Gasteiger charge is 2.13. The van der Waals surface area contributed by atoms with Gasteiger partial charge in [0.1, 0.15) is 16.9 Å². The van der Waals surface area contributed by atoms with Gasteiger partial charge in [0.2, 0.25) is 0 Å². The van der Waals surface area contributed by atoms with E-state index in [1.807, 2.05) is 6.07 Å². The van der Waals surface area contributed by atoms with Gasteiger partial charge in [0, 0.05) is 21.5 Å². The summed E-state index contributed by atoms with van der Waals surface area (Å²) >= 11 is 1.70. The molecule has 0 aliphatic heterocycles. The summed E-state index contributed by atoms with van der Waals surface area (Å²) in [7, 11) is 0. The topological polar surface area (TPSA) is 26.3 Å². The lowest BCUT2D eigenvalue weighted by Crippen LogP contribution is -1.82. The molecule has 29 heavy (non-hydrogen) atoms. The Hall–Kier alpha value is -3.56. The fourth-order valence-corrected chi connectivity index (χ4v) is 5.18.